The largest absolute Gasteiger partial charge is 0.330 e. The zero-order valence-corrected chi connectivity index (χ0v) is 8.83. The van der Waals surface area contributed by atoms with Crippen LogP contribution in [0.25, 0.3) is 0 Å². The minimum absolute atomic E-state index is 0.0351. The highest BCUT2D eigenvalue weighted by Crippen LogP contribution is 2.38. The van der Waals surface area contributed by atoms with Crippen molar-refractivity contribution < 1.29 is 0 Å². The molecule has 0 unspecified atom stereocenters. The third-order valence-electron chi connectivity index (χ3n) is 2.82. The summed E-state index contributed by atoms with van der Waals surface area (Å²) in [5.41, 5.74) is 6.75. The van der Waals surface area contributed by atoms with Gasteiger partial charge in [-0.05, 0) is 18.9 Å². The van der Waals surface area contributed by atoms with Crippen molar-refractivity contribution in [3.63, 3.8) is 0 Å². The quantitative estimate of drug-likeness (QED) is 0.789. The van der Waals surface area contributed by atoms with Gasteiger partial charge >= 0.3 is 0 Å². The van der Waals surface area contributed by atoms with E-state index in [2.05, 4.69) is 23.8 Å². The average Bonchev–Trinajstić information content (AvgIpc) is 3.01. The van der Waals surface area contributed by atoms with Crippen LogP contribution in [0, 0.1) is 0 Å². The van der Waals surface area contributed by atoms with E-state index >= 15 is 0 Å². The molecule has 2 N–H and O–H groups in total. The fourth-order valence-corrected chi connectivity index (χ4v) is 1.39. The van der Waals surface area contributed by atoms with Gasteiger partial charge in [0.15, 0.2) is 0 Å². The Labute approximate surface area is 84.8 Å². The Morgan fingerprint density at radius 3 is 2.79 bits per heavy atom. The topological polar surface area (TPSA) is 51.8 Å². The van der Waals surface area contributed by atoms with Gasteiger partial charge in [-0.3, -0.25) is 0 Å². The number of nitrogens with two attached hydrogens (primary N) is 1. The van der Waals surface area contributed by atoms with E-state index in [9.17, 15) is 0 Å². The number of nitrogens with zero attached hydrogens (tertiary/aromatic N) is 2. The lowest BCUT2D eigenvalue weighted by molar-refractivity contribution is 0.517. The predicted octanol–water partition coefficient (Wildman–Crippen LogP) is 1.59. The lowest BCUT2D eigenvalue weighted by Crippen LogP contribution is -2.29. The third kappa shape index (κ3) is 1.77. The van der Waals surface area contributed by atoms with Crippen molar-refractivity contribution in [1.82, 2.24) is 9.97 Å². The molecule has 0 atom stereocenters. The molecule has 1 heterocycles. The van der Waals surface area contributed by atoms with Crippen LogP contribution in [0.1, 0.15) is 44.1 Å². The van der Waals surface area contributed by atoms with Crippen molar-refractivity contribution in [3.8, 4) is 0 Å². The summed E-state index contributed by atoms with van der Waals surface area (Å²) in [5, 5.41) is 0. The molecule has 14 heavy (non-hydrogen) atoms. The fraction of sp³-hybridized carbons (Fsp3) is 0.636. The second kappa shape index (κ2) is 3.31. The van der Waals surface area contributed by atoms with Crippen LogP contribution in [0.5, 0.6) is 0 Å². The minimum Gasteiger partial charge on any atom is -0.330 e. The SMILES string of the molecule is CC(C)(CN)c1ccnc(C2CC2)n1. The molecule has 0 aliphatic heterocycles. The lowest BCUT2D eigenvalue weighted by atomic mass is 9.89. The molecular formula is C11H17N3. The molecule has 0 amide bonds. The first-order valence-electron chi connectivity index (χ1n) is 5.17. The van der Waals surface area contributed by atoms with Crippen LogP contribution in [-0.4, -0.2) is 16.5 Å². The van der Waals surface area contributed by atoms with Crippen molar-refractivity contribution in [3.05, 3.63) is 23.8 Å². The van der Waals surface area contributed by atoms with E-state index in [0.29, 0.717) is 12.5 Å². The molecule has 3 nitrogen and oxygen atoms in total. The number of hydrogen-bond donors (Lipinski definition) is 1. The van der Waals surface area contributed by atoms with Crippen molar-refractivity contribution in [2.75, 3.05) is 6.54 Å². The molecule has 0 saturated heterocycles. The first-order chi connectivity index (χ1) is 6.63. The van der Waals surface area contributed by atoms with Gasteiger partial charge < -0.3 is 5.73 Å². The molecule has 1 aliphatic carbocycles. The zero-order valence-electron chi connectivity index (χ0n) is 8.83. The number of rotatable bonds is 3. The van der Waals surface area contributed by atoms with Gasteiger partial charge in [-0.25, -0.2) is 9.97 Å². The van der Waals surface area contributed by atoms with Gasteiger partial charge in [0.05, 0.1) is 5.69 Å². The Morgan fingerprint density at radius 2 is 2.21 bits per heavy atom. The van der Waals surface area contributed by atoms with Crippen LogP contribution in [0.15, 0.2) is 12.3 Å². The van der Waals surface area contributed by atoms with E-state index in [-0.39, 0.29) is 5.41 Å². The van der Waals surface area contributed by atoms with E-state index in [1.807, 2.05) is 12.3 Å². The van der Waals surface area contributed by atoms with Gasteiger partial charge in [-0.2, -0.15) is 0 Å². The third-order valence-corrected chi connectivity index (χ3v) is 2.82. The molecule has 76 valence electrons. The highest BCUT2D eigenvalue weighted by atomic mass is 14.9. The lowest BCUT2D eigenvalue weighted by Gasteiger charge is -2.21. The molecule has 1 saturated carbocycles. The monoisotopic (exact) mass is 191 g/mol. The molecule has 1 aromatic rings. The Balaban J connectivity index is 2.29. The summed E-state index contributed by atoms with van der Waals surface area (Å²) >= 11 is 0. The molecular weight excluding hydrogens is 174 g/mol. The molecule has 3 heteroatoms. The van der Waals surface area contributed by atoms with E-state index in [4.69, 9.17) is 5.73 Å². The average molecular weight is 191 g/mol. The standard InChI is InChI=1S/C11H17N3/c1-11(2,7-12)9-5-6-13-10(14-9)8-3-4-8/h5-6,8H,3-4,7,12H2,1-2H3. The molecule has 2 rings (SSSR count). The van der Waals surface area contributed by atoms with E-state index in [0.717, 1.165) is 11.5 Å². The maximum atomic E-state index is 5.72. The normalized spacial score (nSPS) is 17.1. The Bertz CT molecular complexity index is 329. The predicted molar refractivity (Wildman–Crippen MR) is 56.1 cm³/mol. The highest BCUT2D eigenvalue weighted by Gasteiger charge is 2.28. The fourth-order valence-electron chi connectivity index (χ4n) is 1.39. The van der Waals surface area contributed by atoms with Crippen molar-refractivity contribution in [1.29, 1.82) is 0 Å². The van der Waals surface area contributed by atoms with Crippen LogP contribution < -0.4 is 5.73 Å². The summed E-state index contributed by atoms with van der Waals surface area (Å²) in [7, 11) is 0. The molecule has 1 aromatic heterocycles. The van der Waals surface area contributed by atoms with Crippen LogP contribution in [0.2, 0.25) is 0 Å². The molecule has 0 aromatic carbocycles. The molecule has 0 spiro atoms. The minimum atomic E-state index is -0.0351. The first kappa shape index (κ1) is 9.59. The van der Waals surface area contributed by atoms with Gasteiger partial charge in [0.25, 0.3) is 0 Å². The van der Waals surface area contributed by atoms with E-state index < -0.39 is 0 Å². The van der Waals surface area contributed by atoms with Gasteiger partial charge in [0.2, 0.25) is 0 Å². The Kier molecular flexibility index (Phi) is 2.27. The van der Waals surface area contributed by atoms with Crippen LogP contribution in [0.3, 0.4) is 0 Å². The van der Waals surface area contributed by atoms with Gasteiger partial charge in [0, 0.05) is 24.1 Å². The van der Waals surface area contributed by atoms with Crippen molar-refractivity contribution >= 4 is 0 Å². The smallest absolute Gasteiger partial charge is 0.131 e. The molecule has 0 bridgehead atoms. The zero-order chi connectivity index (χ0) is 10.2. The van der Waals surface area contributed by atoms with E-state index in [1.54, 1.807) is 0 Å². The second-order valence-electron chi connectivity index (χ2n) is 4.66. The van der Waals surface area contributed by atoms with Crippen LogP contribution >= 0.6 is 0 Å². The summed E-state index contributed by atoms with van der Waals surface area (Å²) in [6.45, 7) is 4.85. The maximum absolute atomic E-state index is 5.72. The number of hydrogen-bond acceptors (Lipinski definition) is 3. The van der Waals surface area contributed by atoms with Gasteiger partial charge in [-0.15, -0.1) is 0 Å². The summed E-state index contributed by atoms with van der Waals surface area (Å²) in [5.74, 6) is 1.62. The van der Waals surface area contributed by atoms with Crippen molar-refractivity contribution in [2.45, 2.75) is 38.0 Å². The summed E-state index contributed by atoms with van der Waals surface area (Å²) in [4.78, 5) is 8.88. The van der Waals surface area contributed by atoms with Gasteiger partial charge in [-0.1, -0.05) is 13.8 Å². The Morgan fingerprint density at radius 1 is 1.50 bits per heavy atom. The molecule has 0 radical (unpaired) electrons. The van der Waals surface area contributed by atoms with Gasteiger partial charge in [0.1, 0.15) is 5.82 Å². The first-order valence-corrected chi connectivity index (χ1v) is 5.17. The molecule has 1 aliphatic rings. The molecule has 1 fully saturated rings. The maximum Gasteiger partial charge on any atom is 0.131 e. The van der Waals surface area contributed by atoms with Crippen molar-refractivity contribution in [2.24, 2.45) is 5.73 Å². The summed E-state index contributed by atoms with van der Waals surface area (Å²) in [6.07, 6.45) is 4.34. The summed E-state index contributed by atoms with van der Waals surface area (Å²) < 4.78 is 0. The van der Waals surface area contributed by atoms with E-state index in [1.165, 1.54) is 12.8 Å². The van der Waals surface area contributed by atoms with Crippen LogP contribution in [-0.2, 0) is 5.41 Å². The Hall–Kier alpha value is -0.960. The second-order valence-corrected chi connectivity index (χ2v) is 4.66. The summed E-state index contributed by atoms with van der Waals surface area (Å²) in [6, 6.07) is 1.97. The van der Waals surface area contributed by atoms with Crippen LogP contribution in [0.4, 0.5) is 0 Å². The number of aromatic nitrogens is 2. The highest BCUT2D eigenvalue weighted by molar-refractivity contribution is 5.17.